The van der Waals surface area contributed by atoms with E-state index in [1.165, 1.54) is 0 Å². The van der Waals surface area contributed by atoms with E-state index < -0.39 is 17.4 Å². The first-order valence-corrected chi connectivity index (χ1v) is 6.86. The molecule has 0 spiro atoms. The van der Waals surface area contributed by atoms with Crippen LogP contribution in [0.1, 0.15) is 26.2 Å². The lowest BCUT2D eigenvalue weighted by Gasteiger charge is -2.32. The molecule has 2 amide bonds. The Bertz CT molecular complexity index is 353. The number of amides is 2. The molecule has 2 atom stereocenters. The molecule has 2 N–H and O–H groups in total. The molecule has 0 radical (unpaired) electrons. The number of hydrogen-bond donors (Lipinski definition) is 2. The third-order valence-corrected chi connectivity index (χ3v) is 3.92. The Morgan fingerprint density at radius 2 is 2.32 bits per heavy atom. The average molecular weight is 270 g/mol. The Hall–Kier alpha value is -1.14. The highest BCUT2D eigenvalue weighted by atomic mass is 16.5. The minimum atomic E-state index is -0.784. The van der Waals surface area contributed by atoms with Crippen molar-refractivity contribution in [2.75, 3.05) is 32.9 Å². The maximum Gasteiger partial charge on any atom is 0.311 e. The molecule has 0 saturated carbocycles. The first kappa shape index (κ1) is 14.3. The molecular weight excluding hydrogens is 248 g/mol. The number of aliphatic hydroxyl groups is 1. The van der Waals surface area contributed by atoms with Crippen LogP contribution in [0, 0.1) is 5.92 Å². The summed E-state index contributed by atoms with van der Waals surface area (Å²) >= 11 is 0. The molecule has 0 aliphatic carbocycles. The number of likely N-dealkylation sites (tertiary alicyclic amines) is 1. The van der Waals surface area contributed by atoms with E-state index in [0.717, 1.165) is 12.8 Å². The first-order valence-electron chi connectivity index (χ1n) is 6.86. The van der Waals surface area contributed by atoms with Gasteiger partial charge in [-0.05, 0) is 25.2 Å². The highest BCUT2D eigenvalue weighted by molar-refractivity contribution is 6.35. The van der Waals surface area contributed by atoms with E-state index in [-0.39, 0.29) is 13.2 Å². The molecule has 2 rings (SSSR count). The molecule has 6 heteroatoms. The van der Waals surface area contributed by atoms with Crippen molar-refractivity contribution in [2.24, 2.45) is 5.92 Å². The number of nitrogens with one attached hydrogen (secondary N) is 1. The summed E-state index contributed by atoms with van der Waals surface area (Å²) in [5.74, 6) is -0.688. The summed E-state index contributed by atoms with van der Waals surface area (Å²) in [6.45, 7) is 3.91. The molecule has 2 saturated heterocycles. The van der Waals surface area contributed by atoms with Crippen molar-refractivity contribution in [3.8, 4) is 0 Å². The van der Waals surface area contributed by atoms with Crippen molar-refractivity contribution in [1.82, 2.24) is 10.2 Å². The predicted octanol–water partition coefficient (Wildman–Crippen LogP) is -0.487. The van der Waals surface area contributed by atoms with Gasteiger partial charge in [-0.1, -0.05) is 6.92 Å². The van der Waals surface area contributed by atoms with E-state index >= 15 is 0 Å². The third-order valence-electron chi connectivity index (χ3n) is 3.92. The number of aliphatic hydroxyl groups excluding tert-OH is 1. The van der Waals surface area contributed by atoms with Gasteiger partial charge in [0.05, 0.1) is 18.8 Å². The van der Waals surface area contributed by atoms with Crippen LogP contribution in [0.25, 0.3) is 0 Å². The van der Waals surface area contributed by atoms with Crippen molar-refractivity contribution in [3.05, 3.63) is 0 Å². The zero-order valence-corrected chi connectivity index (χ0v) is 11.4. The van der Waals surface area contributed by atoms with Gasteiger partial charge in [0.15, 0.2) is 0 Å². The Morgan fingerprint density at radius 1 is 1.53 bits per heavy atom. The topological polar surface area (TPSA) is 78.9 Å². The smallest absolute Gasteiger partial charge is 0.311 e. The van der Waals surface area contributed by atoms with Gasteiger partial charge in [0, 0.05) is 19.7 Å². The molecule has 2 aliphatic rings. The summed E-state index contributed by atoms with van der Waals surface area (Å²) in [5, 5.41) is 12.0. The fourth-order valence-electron chi connectivity index (χ4n) is 2.68. The third kappa shape index (κ3) is 3.25. The Labute approximate surface area is 113 Å². The Balaban J connectivity index is 1.93. The van der Waals surface area contributed by atoms with Crippen LogP contribution in [-0.4, -0.2) is 60.3 Å². The highest BCUT2D eigenvalue weighted by Gasteiger charge is 2.38. The summed E-state index contributed by atoms with van der Waals surface area (Å²) in [6.07, 6.45) is 2.58. The van der Waals surface area contributed by atoms with Gasteiger partial charge in [-0.15, -0.1) is 0 Å². The second-order valence-corrected chi connectivity index (χ2v) is 5.69. The number of carbonyl (C=O) groups excluding carboxylic acids is 2. The largest absolute Gasteiger partial charge is 0.394 e. The molecule has 19 heavy (non-hydrogen) atoms. The minimum Gasteiger partial charge on any atom is -0.394 e. The number of nitrogens with zero attached hydrogens (tertiary/aromatic N) is 1. The van der Waals surface area contributed by atoms with E-state index in [1.54, 1.807) is 4.90 Å². The van der Waals surface area contributed by atoms with E-state index in [1.807, 2.05) is 0 Å². The maximum atomic E-state index is 12.1. The molecule has 0 bridgehead atoms. The second kappa shape index (κ2) is 5.88. The van der Waals surface area contributed by atoms with Crippen LogP contribution < -0.4 is 5.32 Å². The lowest BCUT2D eigenvalue weighted by Crippen LogP contribution is -2.57. The van der Waals surface area contributed by atoms with Gasteiger partial charge in [0.25, 0.3) is 0 Å². The number of piperidine rings is 1. The van der Waals surface area contributed by atoms with Crippen LogP contribution in [0.4, 0.5) is 0 Å². The first-order chi connectivity index (χ1) is 9.06. The van der Waals surface area contributed by atoms with Gasteiger partial charge in [0.1, 0.15) is 0 Å². The van der Waals surface area contributed by atoms with Gasteiger partial charge < -0.3 is 20.1 Å². The molecular formula is C13H22N2O4. The van der Waals surface area contributed by atoms with Gasteiger partial charge >= 0.3 is 11.8 Å². The van der Waals surface area contributed by atoms with E-state index in [4.69, 9.17) is 4.74 Å². The van der Waals surface area contributed by atoms with Gasteiger partial charge in [-0.2, -0.15) is 0 Å². The molecule has 0 aromatic heterocycles. The van der Waals surface area contributed by atoms with Crippen molar-refractivity contribution in [3.63, 3.8) is 0 Å². The quantitative estimate of drug-likeness (QED) is 0.664. The molecule has 0 aromatic rings. The van der Waals surface area contributed by atoms with Crippen molar-refractivity contribution in [1.29, 1.82) is 0 Å². The zero-order chi connectivity index (χ0) is 13.9. The lowest BCUT2D eigenvalue weighted by atomic mass is 9.99. The maximum absolute atomic E-state index is 12.1. The molecule has 2 aliphatic heterocycles. The highest BCUT2D eigenvalue weighted by Crippen LogP contribution is 2.19. The molecule has 0 aromatic carbocycles. The van der Waals surface area contributed by atoms with Gasteiger partial charge in [0.2, 0.25) is 0 Å². The number of carbonyl (C=O) groups is 2. The standard InChI is InChI=1S/C13H22N2O4/c1-10-3-2-5-15(7-10)12(18)11(17)14-13(8-16)4-6-19-9-13/h10,16H,2-9H2,1H3,(H,14,17). The van der Waals surface area contributed by atoms with E-state index in [0.29, 0.717) is 32.0 Å². The van der Waals surface area contributed by atoms with Crippen LogP contribution in [0.5, 0.6) is 0 Å². The van der Waals surface area contributed by atoms with Crippen molar-refractivity contribution >= 4 is 11.8 Å². The Morgan fingerprint density at radius 3 is 2.89 bits per heavy atom. The number of rotatable bonds is 2. The normalized spacial score (nSPS) is 31.3. The summed E-state index contributed by atoms with van der Waals surface area (Å²) < 4.78 is 5.19. The van der Waals surface area contributed by atoms with E-state index in [2.05, 4.69) is 12.2 Å². The monoisotopic (exact) mass is 270 g/mol. The molecule has 108 valence electrons. The Kier molecular flexibility index (Phi) is 4.42. The fraction of sp³-hybridized carbons (Fsp3) is 0.846. The average Bonchev–Trinajstić information content (AvgIpc) is 2.87. The fourth-order valence-corrected chi connectivity index (χ4v) is 2.68. The van der Waals surface area contributed by atoms with Gasteiger partial charge in [-0.3, -0.25) is 9.59 Å². The number of ether oxygens (including phenoxy) is 1. The summed E-state index contributed by atoms with van der Waals surface area (Å²) in [5.41, 5.74) is -0.784. The van der Waals surface area contributed by atoms with Crippen molar-refractivity contribution < 1.29 is 19.4 Å². The molecule has 2 unspecified atom stereocenters. The number of hydrogen-bond acceptors (Lipinski definition) is 4. The SMILES string of the molecule is CC1CCCN(C(=O)C(=O)NC2(CO)CCOC2)C1. The van der Waals surface area contributed by atoms with Crippen LogP contribution in [0.2, 0.25) is 0 Å². The molecule has 6 nitrogen and oxygen atoms in total. The minimum absolute atomic E-state index is 0.206. The molecule has 2 heterocycles. The predicted molar refractivity (Wildman–Crippen MR) is 68.4 cm³/mol. The van der Waals surface area contributed by atoms with Gasteiger partial charge in [-0.25, -0.2) is 0 Å². The summed E-state index contributed by atoms with van der Waals surface area (Å²) in [4.78, 5) is 25.7. The van der Waals surface area contributed by atoms with Crippen LogP contribution >= 0.6 is 0 Å². The molecule has 2 fully saturated rings. The zero-order valence-electron chi connectivity index (χ0n) is 11.4. The van der Waals surface area contributed by atoms with Crippen LogP contribution in [0.3, 0.4) is 0 Å². The van der Waals surface area contributed by atoms with Crippen molar-refractivity contribution in [2.45, 2.75) is 31.7 Å². The summed E-state index contributed by atoms with van der Waals surface area (Å²) in [6, 6.07) is 0. The summed E-state index contributed by atoms with van der Waals surface area (Å²) in [7, 11) is 0. The van der Waals surface area contributed by atoms with E-state index in [9.17, 15) is 14.7 Å². The lowest BCUT2D eigenvalue weighted by molar-refractivity contribution is -0.148. The van der Waals surface area contributed by atoms with Crippen LogP contribution in [-0.2, 0) is 14.3 Å². The second-order valence-electron chi connectivity index (χ2n) is 5.69. The van der Waals surface area contributed by atoms with Crippen LogP contribution in [0.15, 0.2) is 0 Å².